The Morgan fingerprint density at radius 2 is 1.18 bits per heavy atom. The van der Waals surface area contributed by atoms with E-state index in [1.165, 1.54) is 19.2 Å². The number of methoxy groups -OCH3 is 1. The Hall–Kier alpha value is -4.03. The number of rotatable bonds is 12. The summed E-state index contributed by atoms with van der Waals surface area (Å²) in [7, 11) is -0.0388. The lowest BCUT2D eigenvalue weighted by molar-refractivity contribution is -0.297. The normalized spacial score (nSPS) is 21.6. The topological polar surface area (TPSA) is 127 Å². The summed E-state index contributed by atoms with van der Waals surface area (Å²) < 4.78 is 35.1. The molecule has 3 aromatic rings. The van der Waals surface area contributed by atoms with Crippen LogP contribution in [0.2, 0.25) is 25.7 Å². The van der Waals surface area contributed by atoms with Crippen LogP contribution in [0.1, 0.15) is 31.1 Å². The van der Waals surface area contributed by atoms with Crippen molar-refractivity contribution in [2.75, 3.05) is 20.3 Å². The highest BCUT2D eigenvalue weighted by Gasteiger charge is 2.53. The lowest BCUT2D eigenvalue weighted by atomic mass is 9.97. The number of hydrogen-bond donors (Lipinski definition) is 1. The number of benzene rings is 3. The number of ether oxygens (including phenoxy) is 6. The number of aliphatic hydroxyl groups is 1. The zero-order chi connectivity index (χ0) is 31.7. The van der Waals surface area contributed by atoms with E-state index >= 15 is 0 Å². The molecule has 0 bridgehead atoms. The molecule has 1 aliphatic rings. The SMILES string of the molecule is COc1ccc(C(=O)O[C@H]2[C@H](OC(=O)c3ccccc3)[C@@H](OC(=O)c3ccccc3)[C@H](OCC[Si](C)(C)C)O[C@@H]2CO)cc1. The number of carbonyl (C=O) groups is 3. The average molecular weight is 623 g/mol. The molecule has 0 spiro atoms. The van der Waals surface area contributed by atoms with E-state index in [9.17, 15) is 19.5 Å². The van der Waals surface area contributed by atoms with Gasteiger partial charge >= 0.3 is 17.9 Å². The minimum Gasteiger partial charge on any atom is -0.497 e. The first kappa shape index (κ1) is 32.9. The standard InChI is InChI=1S/C33H38O10Si/c1-38-25-17-15-24(16-18-25)32(37)41-27-26(21-34)40-33(39-19-20-44(2,3)4)29(43-31(36)23-13-9-6-10-14-23)28(27)42-30(35)22-11-7-5-8-12-22/h5-18,26-29,33-34H,19-21H2,1-4H3/t26-,27-,28+,29-,33-/m1/s1. The Balaban J connectivity index is 1.71. The average Bonchev–Trinajstić information content (AvgIpc) is 3.03. The third-order valence-corrected chi connectivity index (χ3v) is 8.68. The molecule has 0 unspecified atom stereocenters. The summed E-state index contributed by atoms with van der Waals surface area (Å²) in [5, 5.41) is 10.4. The molecule has 234 valence electrons. The van der Waals surface area contributed by atoms with Crippen molar-refractivity contribution in [2.45, 2.75) is 56.4 Å². The molecule has 10 nitrogen and oxygen atoms in total. The zero-order valence-corrected chi connectivity index (χ0v) is 26.2. The maximum absolute atomic E-state index is 13.4. The van der Waals surface area contributed by atoms with Gasteiger partial charge in [0.05, 0.1) is 30.4 Å². The molecule has 3 aromatic carbocycles. The molecular weight excluding hydrogens is 584 g/mol. The second-order valence-corrected chi connectivity index (χ2v) is 17.1. The van der Waals surface area contributed by atoms with Crippen LogP contribution in [0.5, 0.6) is 5.75 Å². The maximum atomic E-state index is 13.4. The Bertz CT molecular complexity index is 1380. The third-order valence-electron chi connectivity index (χ3n) is 6.98. The van der Waals surface area contributed by atoms with Crippen LogP contribution >= 0.6 is 0 Å². The van der Waals surface area contributed by atoms with Crippen molar-refractivity contribution in [1.29, 1.82) is 0 Å². The predicted octanol–water partition coefficient (Wildman–Crippen LogP) is 4.74. The highest BCUT2D eigenvalue weighted by atomic mass is 28.3. The molecule has 1 heterocycles. The quantitative estimate of drug-likeness (QED) is 0.172. The van der Waals surface area contributed by atoms with Crippen LogP contribution < -0.4 is 4.74 Å². The second kappa shape index (κ2) is 15.1. The Kier molecular flexibility index (Phi) is 11.3. The van der Waals surface area contributed by atoms with E-state index in [1.807, 2.05) is 0 Å². The molecule has 1 aliphatic heterocycles. The van der Waals surface area contributed by atoms with Crippen molar-refractivity contribution in [3.05, 3.63) is 102 Å². The molecule has 0 amide bonds. The number of carbonyl (C=O) groups excluding carboxylic acids is 3. The maximum Gasteiger partial charge on any atom is 0.338 e. The van der Waals surface area contributed by atoms with Gasteiger partial charge in [0.25, 0.3) is 0 Å². The van der Waals surface area contributed by atoms with Crippen LogP contribution in [0.4, 0.5) is 0 Å². The van der Waals surface area contributed by atoms with Gasteiger partial charge in [0, 0.05) is 14.7 Å². The van der Waals surface area contributed by atoms with Gasteiger partial charge < -0.3 is 33.5 Å². The first-order valence-corrected chi connectivity index (χ1v) is 18.1. The van der Waals surface area contributed by atoms with E-state index < -0.39 is 63.3 Å². The van der Waals surface area contributed by atoms with Gasteiger partial charge in [0.15, 0.2) is 24.6 Å². The summed E-state index contributed by atoms with van der Waals surface area (Å²) in [6.45, 7) is 6.21. The summed E-state index contributed by atoms with van der Waals surface area (Å²) >= 11 is 0. The Morgan fingerprint density at radius 1 is 0.705 bits per heavy atom. The Morgan fingerprint density at radius 3 is 1.66 bits per heavy atom. The van der Waals surface area contributed by atoms with E-state index in [-0.39, 0.29) is 23.3 Å². The van der Waals surface area contributed by atoms with Gasteiger partial charge in [-0.05, 0) is 54.6 Å². The van der Waals surface area contributed by atoms with Gasteiger partial charge in [-0.1, -0.05) is 56.0 Å². The fourth-order valence-corrected chi connectivity index (χ4v) is 5.22. The van der Waals surface area contributed by atoms with Crippen LogP contribution in [0, 0.1) is 0 Å². The van der Waals surface area contributed by atoms with Crippen molar-refractivity contribution in [3.8, 4) is 5.75 Å². The summed E-state index contributed by atoms with van der Waals surface area (Å²) in [6, 6.07) is 23.5. The zero-order valence-electron chi connectivity index (χ0n) is 25.2. The fraction of sp³-hybridized carbons (Fsp3) is 0.364. The molecule has 0 saturated carbocycles. The molecule has 1 saturated heterocycles. The van der Waals surface area contributed by atoms with Crippen molar-refractivity contribution in [3.63, 3.8) is 0 Å². The van der Waals surface area contributed by atoms with Gasteiger partial charge in [-0.15, -0.1) is 0 Å². The fourth-order valence-electron chi connectivity index (χ4n) is 4.49. The summed E-state index contributed by atoms with van der Waals surface area (Å²) in [5.74, 6) is -1.70. The van der Waals surface area contributed by atoms with Crippen molar-refractivity contribution in [2.24, 2.45) is 0 Å². The first-order chi connectivity index (χ1) is 21.1. The molecule has 1 N–H and O–H groups in total. The van der Waals surface area contributed by atoms with Crippen LogP contribution in [-0.2, 0) is 23.7 Å². The van der Waals surface area contributed by atoms with E-state index in [0.717, 1.165) is 6.04 Å². The number of aliphatic hydroxyl groups excluding tert-OH is 1. The molecule has 0 aromatic heterocycles. The largest absolute Gasteiger partial charge is 0.497 e. The molecule has 4 rings (SSSR count). The molecule has 11 heteroatoms. The van der Waals surface area contributed by atoms with E-state index in [4.69, 9.17) is 28.4 Å². The van der Waals surface area contributed by atoms with E-state index in [0.29, 0.717) is 5.75 Å². The molecule has 1 fully saturated rings. The molecule has 0 radical (unpaired) electrons. The highest BCUT2D eigenvalue weighted by molar-refractivity contribution is 6.76. The highest BCUT2D eigenvalue weighted by Crippen LogP contribution is 2.31. The number of esters is 3. The van der Waals surface area contributed by atoms with Crippen molar-refractivity contribution >= 4 is 26.0 Å². The van der Waals surface area contributed by atoms with Crippen molar-refractivity contribution < 1.29 is 47.9 Å². The predicted molar refractivity (Wildman–Crippen MR) is 163 cm³/mol. The number of hydrogen-bond acceptors (Lipinski definition) is 10. The molecule has 44 heavy (non-hydrogen) atoms. The smallest absolute Gasteiger partial charge is 0.338 e. The van der Waals surface area contributed by atoms with E-state index in [1.54, 1.807) is 72.8 Å². The summed E-state index contributed by atoms with van der Waals surface area (Å²) in [5.41, 5.74) is 0.656. The lowest BCUT2D eigenvalue weighted by Gasteiger charge is -2.44. The van der Waals surface area contributed by atoms with Gasteiger partial charge in [-0.3, -0.25) is 0 Å². The second-order valence-electron chi connectivity index (χ2n) is 11.5. The minimum absolute atomic E-state index is 0.182. The molecule has 0 aliphatic carbocycles. The Labute approximate surface area is 257 Å². The summed E-state index contributed by atoms with van der Waals surface area (Å²) in [4.78, 5) is 40.0. The first-order valence-electron chi connectivity index (χ1n) is 14.3. The summed E-state index contributed by atoms with van der Waals surface area (Å²) in [6.07, 6.45) is -6.53. The van der Waals surface area contributed by atoms with E-state index in [2.05, 4.69) is 19.6 Å². The van der Waals surface area contributed by atoms with Gasteiger partial charge in [0.1, 0.15) is 11.9 Å². The molecular formula is C33H38O10Si. The lowest BCUT2D eigenvalue weighted by Crippen LogP contribution is -2.63. The van der Waals surface area contributed by atoms with Gasteiger partial charge in [0.2, 0.25) is 0 Å². The van der Waals surface area contributed by atoms with Crippen LogP contribution in [0.15, 0.2) is 84.9 Å². The monoisotopic (exact) mass is 622 g/mol. The van der Waals surface area contributed by atoms with Gasteiger partial charge in [-0.25, -0.2) is 14.4 Å². The minimum atomic E-state index is -1.54. The third kappa shape index (κ3) is 8.76. The van der Waals surface area contributed by atoms with Crippen LogP contribution in [0.25, 0.3) is 0 Å². The van der Waals surface area contributed by atoms with Crippen LogP contribution in [-0.4, -0.2) is 82.1 Å². The van der Waals surface area contributed by atoms with Crippen LogP contribution in [0.3, 0.4) is 0 Å². The van der Waals surface area contributed by atoms with Gasteiger partial charge in [-0.2, -0.15) is 0 Å². The van der Waals surface area contributed by atoms with Crippen molar-refractivity contribution in [1.82, 2.24) is 0 Å². The molecule has 5 atom stereocenters.